The highest BCUT2D eigenvalue weighted by Gasteiger charge is 2.86. The number of benzene rings is 11. The first kappa shape index (κ1) is 68.2. The van der Waals surface area contributed by atoms with Crippen LogP contribution in [0.25, 0.3) is 0 Å². The molecule has 0 heterocycles. The van der Waals surface area contributed by atoms with Crippen molar-refractivity contribution in [2.75, 3.05) is 0 Å². The maximum atomic E-state index is 4.00. The molecule has 11 aromatic rings. The minimum atomic E-state index is 0.329. The first-order chi connectivity index (χ1) is 53.4. The zero-order valence-corrected chi connectivity index (χ0v) is 66.4. The van der Waals surface area contributed by atoms with E-state index in [-0.39, 0.29) is 0 Å². The van der Waals surface area contributed by atoms with E-state index in [1.807, 2.05) is 0 Å². The molecule has 4 saturated carbocycles. The van der Waals surface area contributed by atoms with Gasteiger partial charge in [-0.05, 0) is 190 Å². The third-order valence-electron chi connectivity index (χ3n) is 34.7. The summed E-state index contributed by atoms with van der Waals surface area (Å²) in [4.78, 5) is 0. The van der Waals surface area contributed by atoms with E-state index in [2.05, 4.69) is 381 Å². The van der Waals surface area contributed by atoms with Crippen LogP contribution in [0.5, 0.6) is 0 Å². The summed E-state index contributed by atoms with van der Waals surface area (Å²) in [5, 5.41) is 0. The van der Waals surface area contributed by atoms with Crippen molar-refractivity contribution in [3.8, 4) is 12.8 Å². The lowest BCUT2D eigenvalue weighted by atomic mass is 9.62. The highest BCUT2D eigenvalue weighted by atomic mass is 14.9. The van der Waals surface area contributed by atoms with Crippen LogP contribution in [0.4, 0.5) is 0 Å². The molecule has 11 aromatic carbocycles. The standard InChI is InChI=1S/2C18H16.C18H18.C18H16.2C18H18.C2H2/c2*1-17-14-10-6-5-9-13(14)15-11-7-3-4-8-12(11)16(17)18(15,17)2;1-11-15-12-7-3-4-8-13(12)16-17(11,2)18(16)10-6-5-9-14(15)18;1-11-12(2)18-15-9-5-3-7-13(15)17(11)14-8-4-6-10-16(14)18;2*1-12-17-14-8-4-3-7-13(14)11-18(12,2)16-10-6-5-9-15(16)17;1-2/h2*3-10,15-16H,1-2H3;3-9,11,15-16H,10H2,1-2H3;3-10,17-18H,1-2H3;2*3-10,12,17H,11H2,1-2H3;1-2H. The van der Waals surface area contributed by atoms with Crippen LogP contribution >= 0.6 is 0 Å². The molecule has 0 heteroatoms. The molecule has 0 saturated heterocycles. The lowest BCUT2D eigenvalue weighted by Gasteiger charge is -2.42. The minimum absolute atomic E-state index is 0.329. The van der Waals surface area contributed by atoms with Crippen LogP contribution in [0.2, 0.25) is 0 Å². The molecule has 4 fully saturated rings. The molecular weight excluding hydrogens is 1320 g/mol. The molecule has 17 aliphatic carbocycles. The van der Waals surface area contributed by atoms with Crippen LogP contribution < -0.4 is 0 Å². The Hall–Kier alpha value is -9.80. The van der Waals surface area contributed by atoms with Crippen LogP contribution in [0.3, 0.4) is 0 Å². The fourth-order valence-electron chi connectivity index (χ4n) is 29.2. The third-order valence-corrected chi connectivity index (χ3v) is 34.7. The molecule has 0 aliphatic heterocycles. The lowest BCUT2D eigenvalue weighted by Crippen LogP contribution is -2.34. The van der Waals surface area contributed by atoms with Crippen molar-refractivity contribution >= 4 is 0 Å². The second-order valence-electron chi connectivity index (χ2n) is 37.8. The Balaban J connectivity index is 0.0000000834. The summed E-state index contributed by atoms with van der Waals surface area (Å²) in [6.45, 7) is 29.4. The molecule has 110 heavy (non-hydrogen) atoms. The van der Waals surface area contributed by atoms with Crippen molar-refractivity contribution in [3.63, 3.8) is 0 Å². The van der Waals surface area contributed by atoms with Gasteiger partial charge >= 0.3 is 0 Å². The van der Waals surface area contributed by atoms with E-state index in [9.17, 15) is 0 Å². The van der Waals surface area contributed by atoms with Crippen LogP contribution in [0.15, 0.2) is 302 Å². The van der Waals surface area contributed by atoms with E-state index in [1.54, 1.807) is 117 Å². The van der Waals surface area contributed by atoms with Crippen molar-refractivity contribution in [2.24, 2.45) is 39.4 Å². The fraction of sp³-hybridized carbons (Fsp3) is 0.327. The number of terminal acetylenes is 1. The summed E-state index contributed by atoms with van der Waals surface area (Å²) in [6.07, 6.45) is 18.8. The molecule has 19 atom stereocenters. The summed E-state index contributed by atoms with van der Waals surface area (Å²) in [5.74, 6) is 8.69. The zero-order valence-electron chi connectivity index (χ0n) is 66.4. The largest absolute Gasteiger partial charge is 0.124 e. The predicted octanol–water partition coefficient (Wildman–Crippen LogP) is 26.3. The topological polar surface area (TPSA) is 0 Å². The quantitative estimate of drug-likeness (QED) is 0.105. The normalized spacial score (nSPS) is 35.9. The van der Waals surface area contributed by atoms with Gasteiger partial charge in [0.25, 0.3) is 0 Å². The maximum Gasteiger partial charge on any atom is 0.0305 e. The van der Waals surface area contributed by atoms with Gasteiger partial charge in [-0.2, -0.15) is 0 Å². The van der Waals surface area contributed by atoms with Gasteiger partial charge in [0.15, 0.2) is 0 Å². The maximum absolute atomic E-state index is 4.00. The van der Waals surface area contributed by atoms with Gasteiger partial charge in [-0.3, -0.25) is 0 Å². The molecule has 0 N–H and O–H groups in total. The summed E-state index contributed by atoms with van der Waals surface area (Å²) in [6, 6.07) is 99.7. The summed E-state index contributed by atoms with van der Waals surface area (Å²) in [7, 11) is 0. The second kappa shape index (κ2) is 23.4. The third kappa shape index (κ3) is 8.11. The van der Waals surface area contributed by atoms with Crippen LogP contribution in [0.1, 0.15) is 271 Å². The average molecular weight is 1430 g/mol. The number of hydrogen-bond acceptors (Lipinski definition) is 0. The molecule has 544 valence electrons. The van der Waals surface area contributed by atoms with Crippen molar-refractivity contribution in [1.82, 2.24) is 0 Å². The van der Waals surface area contributed by atoms with E-state index in [0.717, 1.165) is 23.7 Å². The van der Waals surface area contributed by atoms with E-state index in [1.165, 1.54) is 41.5 Å². The molecule has 0 nitrogen and oxygen atoms in total. The van der Waals surface area contributed by atoms with Gasteiger partial charge in [0.2, 0.25) is 0 Å². The van der Waals surface area contributed by atoms with Crippen molar-refractivity contribution < 1.29 is 0 Å². The zero-order chi connectivity index (χ0) is 75.3. The first-order valence-corrected chi connectivity index (χ1v) is 41.7. The number of fused-ring (bicyclic) bond motifs is 32. The molecule has 28 rings (SSSR count). The Labute approximate surface area is 655 Å². The van der Waals surface area contributed by atoms with Crippen molar-refractivity contribution in [1.29, 1.82) is 0 Å². The van der Waals surface area contributed by atoms with Crippen molar-refractivity contribution in [3.05, 3.63) is 424 Å². The van der Waals surface area contributed by atoms with Gasteiger partial charge in [-0.25, -0.2) is 0 Å². The Morgan fingerprint density at radius 1 is 0.291 bits per heavy atom. The summed E-state index contributed by atoms with van der Waals surface area (Å²) < 4.78 is 0. The fourth-order valence-corrected chi connectivity index (χ4v) is 29.2. The first-order valence-electron chi connectivity index (χ1n) is 41.7. The number of rotatable bonds is 0. The van der Waals surface area contributed by atoms with Gasteiger partial charge in [0.05, 0.1) is 0 Å². The monoisotopic (exact) mass is 1420 g/mol. The van der Waals surface area contributed by atoms with Crippen LogP contribution in [-0.2, 0) is 34.5 Å². The highest BCUT2D eigenvalue weighted by Crippen LogP contribution is 2.93. The lowest BCUT2D eigenvalue weighted by molar-refractivity contribution is 0.300. The predicted molar refractivity (Wildman–Crippen MR) is 454 cm³/mol. The minimum Gasteiger partial charge on any atom is -0.124 e. The molecule has 17 aliphatic rings. The Morgan fingerprint density at radius 2 is 0.600 bits per heavy atom. The van der Waals surface area contributed by atoms with E-state index < -0.39 is 0 Å². The van der Waals surface area contributed by atoms with Crippen LogP contribution in [0, 0.1) is 52.3 Å². The number of allylic oxidation sites excluding steroid dienone is 6. The van der Waals surface area contributed by atoms with Gasteiger partial charge < -0.3 is 0 Å². The van der Waals surface area contributed by atoms with Gasteiger partial charge in [-0.15, -0.1) is 12.8 Å². The molecule has 1 spiro atoms. The Morgan fingerprint density at radius 3 is 1.00 bits per heavy atom. The molecule has 8 bridgehead atoms. The SMILES string of the molecule is C#C.CC12c3ccccc3C3c4ccccc4C1C32C.CC12c3ccccc3C3c4ccccc4C1C32C.CC1=C(C)C2c3ccccc3C1c1ccccc12.CC1C2C3=CC=CCC34C(c3ccccc32)C14C.CC1C2c3ccccc3CC1(C)c1ccccc12.CC1C2c3ccccc3CC1(C)c1ccccc12. The molecule has 0 radical (unpaired) electrons. The Bertz CT molecular complexity index is 5410. The summed E-state index contributed by atoms with van der Waals surface area (Å²) in [5.41, 5.74) is 42.9. The molecule has 0 aromatic heterocycles. The van der Waals surface area contributed by atoms with Gasteiger partial charge in [0, 0.05) is 86.3 Å². The second-order valence-corrected chi connectivity index (χ2v) is 37.8. The number of hydrogen-bond donors (Lipinski definition) is 0. The molecule has 0 amide bonds. The van der Waals surface area contributed by atoms with Crippen molar-refractivity contribution in [2.45, 2.75) is 183 Å². The smallest absolute Gasteiger partial charge is 0.0305 e. The molecule has 19 unspecified atom stereocenters. The van der Waals surface area contributed by atoms with E-state index in [4.69, 9.17) is 0 Å². The van der Waals surface area contributed by atoms with Crippen LogP contribution in [-0.4, -0.2) is 0 Å². The van der Waals surface area contributed by atoms with E-state index in [0.29, 0.717) is 96.6 Å². The Kier molecular flexibility index (Phi) is 14.5. The molecular formula is C110H104. The average Bonchev–Trinajstić information content (AvgIpc) is 1.45. The highest BCUT2D eigenvalue weighted by molar-refractivity contribution is 5.74. The van der Waals surface area contributed by atoms with Gasteiger partial charge in [-0.1, -0.05) is 371 Å². The summed E-state index contributed by atoms with van der Waals surface area (Å²) >= 11 is 0. The van der Waals surface area contributed by atoms with Gasteiger partial charge in [0.1, 0.15) is 0 Å². The van der Waals surface area contributed by atoms with E-state index >= 15 is 0 Å².